The number of ether oxygens (including phenoxy) is 2. The Morgan fingerprint density at radius 1 is 1.40 bits per heavy atom. The van der Waals surface area contributed by atoms with E-state index in [1.165, 1.54) is 6.21 Å². The van der Waals surface area contributed by atoms with Crippen LogP contribution in [0.4, 0.5) is 10.5 Å². The molecule has 0 saturated heterocycles. The Morgan fingerprint density at radius 3 is 2.73 bits per heavy atom. The van der Waals surface area contributed by atoms with Gasteiger partial charge in [-0.05, 0) is 24.3 Å². The molecule has 1 unspecified atom stereocenters. The zero-order valence-corrected chi connectivity index (χ0v) is 7.92. The summed E-state index contributed by atoms with van der Waals surface area (Å²) in [5, 5.41) is 0. The number of nitrogen functional groups attached to an aromatic ring is 1. The predicted molar refractivity (Wildman–Crippen MR) is 55.1 cm³/mol. The lowest BCUT2D eigenvalue weighted by Gasteiger charge is -2.09. The molecule has 1 heterocycles. The molecule has 2 rings (SSSR count). The summed E-state index contributed by atoms with van der Waals surface area (Å²) < 4.78 is 10.2. The summed E-state index contributed by atoms with van der Waals surface area (Å²) in [5.41, 5.74) is 6.19. The van der Waals surface area contributed by atoms with Crippen LogP contribution in [0.1, 0.15) is 0 Å². The van der Waals surface area contributed by atoms with Gasteiger partial charge in [-0.3, -0.25) is 0 Å². The van der Waals surface area contributed by atoms with Crippen molar-refractivity contribution in [3.05, 3.63) is 24.3 Å². The molecule has 0 radical (unpaired) electrons. The number of anilines is 1. The smallest absolute Gasteiger partial charge is 0.434 e. The van der Waals surface area contributed by atoms with Crippen molar-refractivity contribution in [1.82, 2.24) is 0 Å². The Labute approximate surface area is 86.5 Å². The van der Waals surface area contributed by atoms with Gasteiger partial charge in [0.15, 0.2) is 6.10 Å². The van der Waals surface area contributed by atoms with E-state index in [0.29, 0.717) is 11.4 Å². The first-order valence-electron chi connectivity index (χ1n) is 4.47. The van der Waals surface area contributed by atoms with E-state index < -0.39 is 12.2 Å². The summed E-state index contributed by atoms with van der Waals surface area (Å²) in [6, 6.07) is 6.99. The first-order valence-corrected chi connectivity index (χ1v) is 4.47. The lowest BCUT2D eigenvalue weighted by atomic mass is 10.3. The highest BCUT2D eigenvalue weighted by atomic mass is 16.6. The number of hydrogen-bond donors (Lipinski definition) is 1. The van der Waals surface area contributed by atoms with Gasteiger partial charge >= 0.3 is 6.09 Å². The number of nitrogens with two attached hydrogens (primary N) is 1. The molecule has 2 N–H and O–H groups in total. The SMILES string of the molecule is Nc1ccc(OCC2C=NC(=O)O2)cc1. The van der Waals surface area contributed by atoms with Gasteiger partial charge in [0.25, 0.3) is 0 Å². The summed E-state index contributed by atoms with van der Waals surface area (Å²) in [4.78, 5) is 14.1. The second-order valence-electron chi connectivity index (χ2n) is 3.08. The molecule has 78 valence electrons. The quantitative estimate of drug-likeness (QED) is 0.755. The van der Waals surface area contributed by atoms with E-state index in [0.717, 1.165) is 0 Å². The van der Waals surface area contributed by atoms with Gasteiger partial charge in [0, 0.05) is 5.69 Å². The van der Waals surface area contributed by atoms with Gasteiger partial charge in [-0.1, -0.05) is 0 Å². The van der Waals surface area contributed by atoms with Gasteiger partial charge in [0.1, 0.15) is 12.4 Å². The van der Waals surface area contributed by atoms with E-state index in [1.807, 2.05) is 0 Å². The van der Waals surface area contributed by atoms with Crippen LogP contribution in [-0.2, 0) is 4.74 Å². The van der Waals surface area contributed by atoms with Crippen LogP contribution in [-0.4, -0.2) is 25.0 Å². The maximum atomic E-state index is 10.6. The number of aliphatic imine (C=N–C) groups is 1. The van der Waals surface area contributed by atoms with Crippen molar-refractivity contribution in [2.24, 2.45) is 4.99 Å². The Hall–Kier alpha value is -2.04. The number of amides is 1. The topological polar surface area (TPSA) is 73.9 Å². The third-order valence-electron chi connectivity index (χ3n) is 1.89. The normalized spacial score (nSPS) is 18.9. The third-order valence-corrected chi connectivity index (χ3v) is 1.89. The lowest BCUT2D eigenvalue weighted by Crippen LogP contribution is -2.19. The number of carbonyl (C=O) groups excluding carboxylic acids is 1. The third kappa shape index (κ3) is 2.46. The van der Waals surface area contributed by atoms with Crippen LogP contribution in [0.15, 0.2) is 29.3 Å². The summed E-state index contributed by atoms with van der Waals surface area (Å²) in [7, 11) is 0. The van der Waals surface area contributed by atoms with Gasteiger partial charge in [-0.15, -0.1) is 0 Å². The predicted octanol–water partition coefficient (Wildman–Crippen LogP) is 1.24. The van der Waals surface area contributed by atoms with Crippen LogP contribution < -0.4 is 10.5 Å². The fraction of sp³-hybridized carbons (Fsp3) is 0.200. The van der Waals surface area contributed by atoms with Gasteiger partial charge in [0.2, 0.25) is 0 Å². The highest BCUT2D eigenvalue weighted by Gasteiger charge is 2.18. The van der Waals surface area contributed by atoms with Crippen molar-refractivity contribution in [3.63, 3.8) is 0 Å². The molecule has 1 aromatic carbocycles. The molecule has 1 aliphatic rings. The van der Waals surface area contributed by atoms with E-state index in [1.54, 1.807) is 24.3 Å². The van der Waals surface area contributed by atoms with Gasteiger partial charge in [-0.2, -0.15) is 4.99 Å². The minimum absolute atomic E-state index is 0.263. The molecule has 1 atom stereocenters. The Kier molecular flexibility index (Phi) is 2.53. The van der Waals surface area contributed by atoms with Crippen LogP contribution in [0.2, 0.25) is 0 Å². The van der Waals surface area contributed by atoms with Crippen LogP contribution in [0.25, 0.3) is 0 Å². The average Bonchev–Trinajstić information content (AvgIpc) is 2.64. The van der Waals surface area contributed by atoms with E-state index in [-0.39, 0.29) is 6.61 Å². The number of nitrogens with zero attached hydrogens (tertiary/aromatic N) is 1. The monoisotopic (exact) mass is 206 g/mol. The van der Waals surface area contributed by atoms with Crippen LogP contribution >= 0.6 is 0 Å². The highest BCUT2D eigenvalue weighted by Crippen LogP contribution is 2.14. The molecular weight excluding hydrogens is 196 g/mol. The van der Waals surface area contributed by atoms with Crippen molar-refractivity contribution in [2.75, 3.05) is 12.3 Å². The number of carbonyl (C=O) groups is 1. The minimum Gasteiger partial charge on any atom is -0.489 e. The maximum absolute atomic E-state index is 10.6. The van der Waals surface area contributed by atoms with E-state index in [9.17, 15) is 4.79 Å². The fourth-order valence-electron chi connectivity index (χ4n) is 1.15. The number of benzene rings is 1. The lowest BCUT2D eigenvalue weighted by molar-refractivity contribution is 0.119. The number of cyclic esters (lactones) is 1. The zero-order valence-electron chi connectivity index (χ0n) is 7.92. The first kappa shape index (κ1) is 9.51. The summed E-state index contributed by atoms with van der Waals surface area (Å²) in [6.45, 7) is 0.263. The highest BCUT2D eigenvalue weighted by molar-refractivity contribution is 5.87. The summed E-state index contributed by atoms with van der Waals surface area (Å²) in [5.74, 6) is 0.681. The molecule has 0 saturated carbocycles. The molecule has 5 heteroatoms. The molecule has 0 bridgehead atoms. The van der Waals surface area contributed by atoms with Crippen molar-refractivity contribution in [3.8, 4) is 5.75 Å². The number of rotatable bonds is 3. The van der Waals surface area contributed by atoms with Gasteiger partial charge in [0.05, 0.1) is 6.21 Å². The Morgan fingerprint density at radius 2 is 2.13 bits per heavy atom. The number of hydrogen-bond acceptors (Lipinski definition) is 4. The molecule has 0 fully saturated rings. The molecule has 0 spiro atoms. The molecule has 1 amide bonds. The van der Waals surface area contributed by atoms with Crippen molar-refractivity contribution in [2.45, 2.75) is 6.10 Å². The molecule has 5 nitrogen and oxygen atoms in total. The van der Waals surface area contributed by atoms with E-state index in [2.05, 4.69) is 4.99 Å². The van der Waals surface area contributed by atoms with Crippen molar-refractivity contribution in [1.29, 1.82) is 0 Å². The molecular formula is C10H10N2O3. The van der Waals surface area contributed by atoms with Crippen LogP contribution in [0, 0.1) is 0 Å². The zero-order chi connectivity index (χ0) is 10.7. The standard InChI is InChI=1S/C10H10N2O3/c11-7-1-3-8(4-2-7)14-6-9-5-12-10(13)15-9/h1-5,9H,6,11H2. The van der Waals surface area contributed by atoms with Crippen LogP contribution in [0.3, 0.4) is 0 Å². The van der Waals surface area contributed by atoms with Crippen molar-refractivity contribution < 1.29 is 14.3 Å². The fourth-order valence-corrected chi connectivity index (χ4v) is 1.15. The maximum Gasteiger partial charge on any atom is 0.434 e. The summed E-state index contributed by atoms with van der Waals surface area (Å²) >= 11 is 0. The summed E-state index contributed by atoms with van der Waals surface area (Å²) in [6.07, 6.45) is 0.468. The molecule has 15 heavy (non-hydrogen) atoms. The average molecular weight is 206 g/mol. The molecule has 1 aromatic rings. The molecule has 0 aliphatic carbocycles. The first-order chi connectivity index (χ1) is 7.24. The second kappa shape index (κ2) is 4.00. The molecule has 1 aliphatic heterocycles. The van der Waals surface area contributed by atoms with E-state index >= 15 is 0 Å². The van der Waals surface area contributed by atoms with E-state index in [4.69, 9.17) is 15.2 Å². The minimum atomic E-state index is -0.569. The molecule has 0 aromatic heterocycles. The van der Waals surface area contributed by atoms with Crippen LogP contribution in [0.5, 0.6) is 5.75 Å². The second-order valence-corrected chi connectivity index (χ2v) is 3.08. The van der Waals surface area contributed by atoms with Gasteiger partial charge < -0.3 is 15.2 Å². The van der Waals surface area contributed by atoms with Gasteiger partial charge in [-0.25, -0.2) is 4.79 Å². The Balaban J connectivity index is 1.86. The Bertz CT molecular complexity index is 386. The van der Waals surface area contributed by atoms with Crippen molar-refractivity contribution >= 4 is 18.0 Å². The largest absolute Gasteiger partial charge is 0.489 e.